The molecule has 6 nitrogen and oxygen atoms in total. The number of benzene rings is 2. The van der Waals surface area contributed by atoms with Crippen LogP contribution in [0.2, 0.25) is 0 Å². The molecule has 0 aliphatic carbocycles. The molecule has 2 aromatic carbocycles. The number of nitrogens with one attached hydrogen (secondary N) is 2. The standard InChI is InChI=1S/C16H13N3O3/c1-22-14-7-5-12(6-8-14)18-15(20)16(21)19-13-4-2-3-11(9-13)10-17/h2-9H,1H3,(H,18,20)(H,19,21). The van der Waals surface area contributed by atoms with E-state index in [-0.39, 0.29) is 0 Å². The van der Waals surface area contributed by atoms with Crippen molar-refractivity contribution in [1.82, 2.24) is 0 Å². The van der Waals surface area contributed by atoms with Gasteiger partial charge in [-0.05, 0) is 42.5 Å². The Labute approximate surface area is 127 Å². The van der Waals surface area contributed by atoms with Gasteiger partial charge in [-0.3, -0.25) is 9.59 Å². The summed E-state index contributed by atoms with van der Waals surface area (Å²) >= 11 is 0. The van der Waals surface area contributed by atoms with Crippen LogP contribution in [-0.4, -0.2) is 18.9 Å². The van der Waals surface area contributed by atoms with Gasteiger partial charge in [-0.15, -0.1) is 0 Å². The van der Waals surface area contributed by atoms with E-state index in [0.717, 1.165) is 0 Å². The molecule has 22 heavy (non-hydrogen) atoms. The number of amides is 2. The Hall–Kier alpha value is -3.33. The molecule has 0 atom stereocenters. The number of nitrogens with zero attached hydrogens (tertiary/aromatic N) is 1. The van der Waals surface area contributed by atoms with E-state index in [1.54, 1.807) is 42.5 Å². The van der Waals surface area contributed by atoms with Crippen molar-refractivity contribution in [2.45, 2.75) is 0 Å². The molecule has 0 aliphatic heterocycles. The number of anilines is 2. The van der Waals surface area contributed by atoms with Gasteiger partial charge in [0.1, 0.15) is 5.75 Å². The van der Waals surface area contributed by atoms with Crippen molar-refractivity contribution in [3.8, 4) is 11.8 Å². The van der Waals surface area contributed by atoms with Crippen molar-refractivity contribution < 1.29 is 14.3 Å². The maximum Gasteiger partial charge on any atom is 0.314 e. The van der Waals surface area contributed by atoms with Crippen LogP contribution < -0.4 is 15.4 Å². The fourth-order valence-corrected chi connectivity index (χ4v) is 1.72. The van der Waals surface area contributed by atoms with Crippen LogP contribution >= 0.6 is 0 Å². The van der Waals surface area contributed by atoms with Crippen molar-refractivity contribution in [3.63, 3.8) is 0 Å². The summed E-state index contributed by atoms with van der Waals surface area (Å²) in [6.07, 6.45) is 0. The lowest BCUT2D eigenvalue weighted by atomic mass is 10.2. The molecule has 0 aromatic heterocycles. The topological polar surface area (TPSA) is 91.2 Å². The van der Waals surface area contributed by atoms with Crippen molar-refractivity contribution in [2.24, 2.45) is 0 Å². The molecule has 0 radical (unpaired) electrons. The highest BCUT2D eigenvalue weighted by molar-refractivity contribution is 6.43. The van der Waals surface area contributed by atoms with Crippen LogP contribution in [0.15, 0.2) is 48.5 Å². The molecule has 6 heteroatoms. The molecule has 2 rings (SSSR count). The van der Waals surface area contributed by atoms with E-state index in [1.165, 1.54) is 13.2 Å². The Kier molecular flexibility index (Phi) is 4.73. The van der Waals surface area contributed by atoms with Crippen molar-refractivity contribution in [1.29, 1.82) is 5.26 Å². The number of rotatable bonds is 3. The van der Waals surface area contributed by atoms with Crippen molar-refractivity contribution in [2.75, 3.05) is 17.7 Å². The molecule has 0 unspecified atom stereocenters. The van der Waals surface area contributed by atoms with Gasteiger partial charge in [0.15, 0.2) is 0 Å². The van der Waals surface area contributed by atoms with Crippen LogP contribution in [0.5, 0.6) is 5.75 Å². The first-order chi connectivity index (χ1) is 10.6. The van der Waals surface area contributed by atoms with E-state index in [4.69, 9.17) is 10.00 Å². The highest BCUT2D eigenvalue weighted by Crippen LogP contribution is 2.15. The molecule has 2 amide bonds. The molecule has 0 saturated carbocycles. The second-order valence-electron chi connectivity index (χ2n) is 4.33. The van der Waals surface area contributed by atoms with Gasteiger partial charge < -0.3 is 15.4 Å². The molecule has 0 aliphatic rings. The number of methoxy groups -OCH3 is 1. The minimum absolute atomic E-state index is 0.383. The van der Waals surface area contributed by atoms with Crippen LogP contribution in [0, 0.1) is 11.3 Å². The third-order valence-electron chi connectivity index (χ3n) is 2.80. The molecule has 0 spiro atoms. The minimum Gasteiger partial charge on any atom is -0.497 e. The zero-order chi connectivity index (χ0) is 15.9. The van der Waals surface area contributed by atoms with Gasteiger partial charge in [-0.2, -0.15) is 5.26 Å². The van der Waals surface area contributed by atoms with Crippen LogP contribution in [0.25, 0.3) is 0 Å². The summed E-state index contributed by atoms with van der Waals surface area (Å²) in [7, 11) is 1.54. The Morgan fingerprint density at radius 2 is 1.64 bits per heavy atom. The quantitative estimate of drug-likeness (QED) is 0.849. The first-order valence-corrected chi connectivity index (χ1v) is 6.39. The maximum atomic E-state index is 11.8. The Morgan fingerprint density at radius 3 is 2.23 bits per heavy atom. The highest BCUT2D eigenvalue weighted by Gasteiger charge is 2.14. The van der Waals surface area contributed by atoms with Crippen LogP contribution in [0.1, 0.15) is 5.56 Å². The number of hydrogen-bond donors (Lipinski definition) is 2. The molecular weight excluding hydrogens is 282 g/mol. The van der Waals surface area contributed by atoms with Gasteiger partial charge in [0.25, 0.3) is 0 Å². The van der Waals surface area contributed by atoms with E-state index in [2.05, 4.69) is 10.6 Å². The average Bonchev–Trinajstić information content (AvgIpc) is 2.55. The largest absolute Gasteiger partial charge is 0.497 e. The lowest BCUT2D eigenvalue weighted by Gasteiger charge is -2.07. The summed E-state index contributed by atoms with van der Waals surface area (Å²) < 4.78 is 5.00. The van der Waals surface area contributed by atoms with Gasteiger partial charge in [0.05, 0.1) is 18.7 Å². The number of hydrogen-bond acceptors (Lipinski definition) is 4. The Morgan fingerprint density at radius 1 is 1.00 bits per heavy atom. The summed E-state index contributed by atoms with van der Waals surface area (Å²) in [4.78, 5) is 23.6. The molecular formula is C16H13N3O3. The summed E-state index contributed by atoms with van der Waals surface area (Å²) in [5, 5.41) is 13.7. The van der Waals surface area contributed by atoms with E-state index >= 15 is 0 Å². The van der Waals surface area contributed by atoms with Crippen LogP contribution in [0.4, 0.5) is 11.4 Å². The predicted octanol–water partition coefficient (Wildman–Crippen LogP) is 2.14. The SMILES string of the molecule is COc1ccc(NC(=O)C(=O)Nc2cccc(C#N)c2)cc1. The second-order valence-corrected chi connectivity index (χ2v) is 4.33. The van der Waals surface area contributed by atoms with E-state index in [1.807, 2.05) is 6.07 Å². The van der Waals surface area contributed by atoms with E-state index in [9.17, 15) is 9.59 Å². The molecule has 0 fully saturated rings. The monoisotopic (exact) mass is 295 g/mol. The zero-order valence-corrected chi connectivity index (χ0v) is 11.8. The first-order valence-electron chi connectivity index (χ1n) is 6.39. The molecule has 2 aromatic rings. The molecule has 2 N–H and O–H groups in total. The third kappa shape index (κ3) is 3.84. The predicted molar refractivity (Wildman–Crippen MR) is 81.4 cm³/mol. The fourth-order valence-electron chi connectivity index (χ4n) is 1.72. The summed E-state index contributed by atoms with van der Waals surface area (Å²) in [6.45, 7) is 0. The zero-order valence-electron chi connectivity index (χ0n) is 11.8. The lowest BCUT2D eigenvalue weighted by Crippen LogP contribution is -2.29. The number of ether oxygens (including phenoxy) is 1. The first kappa shape index (κ1) is 15.1. The second kappa shape index (κ2) is 6.90. The van der Waals surface area contributed by atoms with Gasteiger partial charge in [-0.25, -0.2) is 0 Å². The Bertz CT molecular complexity index is 733. The number of carbonyl (C=O) groups excluding carboxylic acids is 2. The smallest absolute Gasteiger partial charge is 0.314 e. The molecule has 0 heterocycles. The van der Waals surface area contributed by atoms with Crippen molar-refractivity contribution in [3.05, 3.63) is 54.1 Å². The maximum absolute atomic E-state index is 11.8. The van der Waals surface area contributed by atoms with E-state index < -0.39 is 11.8 Å². The van der Waals surface area contributed by atoms with Crippen molar-refractivity contribution >= 4 is 23.2 Å². The molecule has 0 saturated heterocycles. The lowest BCUT2D eigenvalue weighted by molar-refractivity contribution is -0.132. The molecule has 0 bridgehead atoms. The molecule has 110 valence electrons. The average molecular weight is 295 g/mol. The van der Waals surface area contributed by atoms with Gasteiger partial charge in [0, 0.05) is 11.4 Å². The normalized spacial score (nSPS) is 9.45. The van der Waals surface area contributed by atoms with Crippen LogP contribution in [-0.2, 0) is 9.59 Å². The third-order valence-corrected chi connectivity index (χ3v) is 2.80. The van der Waals surface area contributed by atoms with Gasteiger partial charge in [-0.1, -0.05) is 6.07 Å². The minimum atomic E-state index is -0.814. The summed E-state index contributed by atoms with van der Waals surface area (Å²) in [5.74, 6) is -0.964. The number of nitriles is 1. The highest BCUT2D eigenvalue weighted by atomic mass is 16.5. The van der Waals surface area contributed by atoms with Crippen LogP contribution in [0.3, 0.4) is 0 Å². The number of carbonyl (C=O) groups is 2. The Balaban J connectivity index is 1.99. The van der Waals surface area contributed by atoms with E-state index in [0.29, 0.717) is 22.7 Å². The van der Waals surface area contributed by atoms with Gasteiger partial charge >= 0.3 is 11.8 Å². The summed E-state index contributed by atoms with van der Waals surface area (Å²) in [5.41, 5.74) is 1.26. The fraction of sp³-hybridized carbons (Fsp3) is 0.0625. The van der Waals surface area contributed by atoms with Gasteiger partial charge in [0.2, 0.25) is 0 Å². The summed E-state index contributed by atoms with van der Waals surface area (Å²) in [6, 6.07) is 14.9.